The van der Waals surface area contributed by atoms with Gasteiger partial charge in [0, 0.05) is 48.5 Å². The molecule has 6 heteroatoms. The number of amides is 2. The fourth-order valence-electron chi connectivity index (χ4n) is 3.00. The molecule has 0 aliphatic carbocycles. The van der Waals surface area contributed by atoms with Gasteiger partial charge in [0.25, 0.3) is 0 Å². The normalized spacial score (nSPS) is 16.4. The van der Waals surface area contributed by atoms with Crippen molar-refractivity contribution in [1.29, 1.82) is 0 Å². The number of nitrogens with one attached hydrogen (secondary N) is 1. The molecule has 0 saturated carbocycles. The predicted molar refractivity (Wildman–Crippen MR) is 91.4 cm³/mol. The van der Waals surface area contributed by atoms with Gasteiger partial charge in [-0.25, -0.2) is 9.78 Å². The van der Waals surface area contributed by atoms with Crippen molar-refractivity contribution < 1.29 is 4.79 Å². The number of hydrogen-bond donors (Lipinski definition) is 1. The van der Waals surface area contributed by atoms with Crippen LogP contribution in [0.1, 0.15) is 24.3 Å². The molecule has 0 bridgehead atoms. The summed E-state index contributed by atoms with van der Waals surface area (Å²) < 4.78 is 1.15. The van der Waals surface area contributed by atoms with Crippen LogP contribution in [-0.2, 0) is 0 Å². The first-order valence-electron chi connectivity index (χ1n) is 7.15. The van der Waals surface area contributed by atoms with E-state index in [1.165, 1.54) is 10.9 Å². The van der Waals surface area contributed by atoms with Crippen molar-refractivity contribution in [3.8, 4) is 0 Å². The summed E-state index contributed by atoms with van der Waals surface area (Å²) in [5, 5.41) is 1.22. The van der Waals surface area contributed by atoms with Crippen LogP contribution in [0.3, 0.4) is 0 Å². The Morgan fingerprint density at radius 3 is 2.81 bits per heavy atom. The molecule has 1 N–H and O–H groups in total. The van der Waals surface area contributed by atoms with Crippen LogP contribution in [0, 0.1) is 3.57 Å². The van der Waals surface area contributed by atoms with Gasteiger partial charge in [-0.15, -0.1) is 0 Å². The van der Waals surface area contributed by atoms with Gasteiger partial charge in [-0.2, -0.15) is 0 Å². The minimum atomic E-state index is 0.114. The van der Waals surface area contributed by atoms with Crippen LogP contribution in [0.15, 0.2) is 18.5 Å². The van der Waals surface area contributed by atoms with Gasteiger partial charge in [0.05, 0.1) is 0 Å². The molecule has 3 rings (SSSR count). The van der Waals surface area contributed by atoms with E-state index in [1.807, 2.05) is 25.2 Å². The maximum atomic E-state index is 12.0. The second-order valence-corrected chi connectivity index (χ2v) is 6.98. The van der Waals surface area contributed by atoms with E-state index < -0.39 is 0 Å². The number of carbonyl (C=O) groups is 1. The number of aromatic nitrogens is 2. The van der Waals surface area contributed by atoms with Gasteiger partial charge < -0.3 is 14.8 Å². The third-order valence-corrected chi connectivity index (χ3v) is 4.71. The topological polar surface area (TPSA) is 52.2 Å². The summed E-state index contributed by atoms with van der Waals surface area (Å²) in [7, 11) is 3.61. The minimum absolute atomic E-state index is 0.114. The van der Waals surface area contributed by atoms with Crippen molar-refractivity contribution in [3.05, 3.63) is 27.6 Å². The number of likely N-dealkylation sites (tertiary alicyclic amines) is 1. The van der Waals surface area contributed by atoms with Crippen LogP contribution in [0.5, 0.6) is 0 Å². The lowest BCUT2D eigenvalue weighted by molar-refractivity contribution is 0.156. The lowest BCUT2D eigenvalue weighted by atomic mass is 9.89. The highest BCUT2D eigenvalue weighted by molar-refractivity contribution is 14.1. The van der Waals surface area contributed by atoms with Crippen molar-refractivity contribution in [2.75, 3.05) is 27.2 Å². The fourth-order valence-corrected chi connectivity index (χ4v) is 3.45. The molecule has 5 nitrogen and oxygen atoms in total. The van der Waals surface area contributed by atoms with Crippen molar-refractivity contribution in [2.45, 2.75) is 18.8 Å². The Balaban J connectivity index is 1.77. The number of carbonyl (C=O) groups excluding carboxylic acids is 1. The number of hydrogen-bond acceptors (Lipinski definition) is 2. The Labute approximate surface area is 137 Å². The van der Waals surface area contributed by atoms with Crippen LogP contribution in [-0.4, -0.2) is 53.0 Å². The van der Waals surface area contributed by atoms with E-state index in [2.05, 4.69) is 44.8 Å². The van der Waals surface area contributed by atoms with E-state index in [0.29, 0.717) is 5.92 Å². The highest BCUT2D eigenvalue weighted by Gasteiger charge is 2.26. The van der Waals surface area contributed by atoms with Gasteiger partial charge in [0.15, 0.2) is 0 Å². The molecule has 0 aromatic carbocycles. The van der Waals surface area contributed by atoms with Crippen LogP contribution in [0.25, 0.3) is 11.0 Å². The quantitative estimate of drug-likeness (QED) is 0.751. The molecule has 0 radical (unpaired) electrons. The molecule has 1 aliphatic rings. The van der Waals surface area contributed by atoms with Crippen molar-refractivity contribution in [3.63, 3.8) is 0 Å². The van der Waals surface area contributed by atoms with E-state index in [1.54, 1.807) is 4.90 Å². The van der Waals surface area contributed by atoms with Crippen LogP contribution in [0.2, 0.25) is 0 Å². The Bertz CT molecular complexity index is 659. The zero-order valence-corrected chi connectivity index (χ0v) is 14.4. The number of halogens is 1. The Morgan fingerprint density at radius 2 is 2.14 bits per heavy atom. The minimum Gasteiger partial charge on any atom is -0.346 e. The largest absolute Gasteiger partial charge is 0.346 e. The summed E-state index contributed by atoms with van der Waals surface area (Å²) in [6, 6.07) is 2.30. The zero-order valence-electron chi connectivity index (χ0n) is 12.3. The van der Waals surface area contributed by atoms with Gasteiger partial charge in [0.1, 0.15) is 5.65 Å². The van der Waals surface area contributed by atoms with E-state index in [0.717, 1.165) is 35.1 Å². The molecule has 0 unspecified atom stereocenters. The average molecular weight is 398 g/mol. The molecule has 1 fully saturated rings. The monoisotopic (exact) mass is 398 g/mol. The molecule has 2 aromatic rings. The number of piperidine rings is 1. The van der Waals surface area contributed by atoms with E-state index in [9.17, 15) is 4.79 Å². The van der Waals surface area contributed by atoms with Gasteiger partial charge in [-0.1, -0.05) is 0 Å². The molecular formula is C15H19IN4O. The molecule has 112 valence electrons. The number of rotatable bonds is 1. The van der Waals surface area contributed by atoms with E-state index in [4.69, 9.17) is 0 Å². The molecule has 2 amide bonds. The third kappa shape index (κ3) is 2.86. The molecule has 3 heterocycles. The average Bonchev–Trinajstić information content (AvgIpc) is 2.89. The summed E-state index contributed by atoms with van der Waals surface area (Å²) in [6.07, 6.45) is 5.99. The predicted octanol–water partition coefficient (Wildman–Crippen LogP) is 3.03. The van der Waals surface area contributed by atoms with Crippen molar-refractivity contribution in [1.82, 2.24) is 19.8 Å². The lowest BCUT2D eigenvalue weighted by Gasteiger charge is -2.33. The summed E-state index contributed by atoms with van der Waals surface area (Å²) >= 11 is 2.30. The SMILES string of the molecule is CN(C)C(=O)N1CCC(c2c[nH]c3ncc(I)cc23)CC1. The van der Waals surface area contributed by atoms with Crippen molar-refractivity contribution >= 4 is 39.7 Å². The molecule has 1 saturated heterocycles. The molecule has 0 atom stereocenters. The number of pyridine rings is 1. The highest BCUT2D eigenvalue weighted by Crippen LogP contribution is 2.33. The van der Waals surface area contributed by atoms with Crippen LogP contribution < -0.4 is 0 Å². The summed E-state index contributed by atoms with van der Waals surface area (Å²) in [4.78, 5) is 23.3. The first-order chi connectivity index (χ1) is 10.1. The van der Waals surface area contributed by atoms with E-state index in [-0.39, 0.29) is 6.03 Å². The highest BCUT2D eigenvalue weighted by atomic mass is 127. The Morgan fingerprint density at radius 1 is 1.43 bits per heavy atom. The molecule has 0 spiro atoms. The summed E-state index contributed by atoms with van der Waals surface area (Å²) in [5.74, 6) is 0.505. The number of urea groups is 1. The Hall–Kier alpha value is -1.31. The standard InChI is InChI=1S/C15H19IN4O/c1-19(2)15(21)20-5-3-10(4-6-20)13-9-18-14-12(13)7-11(16)8-17-14/h7-10H,3-6H2,1-2H3,(H,17,18). The molecule has 2 aromatic heterocycles. The summed E-state index contributed by atoms with van der Waals surface area (Å²) in [6.45, 7) is 1.65. The second kappa shape index (κ2) is 5.82. The zero-order chi connectivity index (χ0) is 15.0. The first kappa shape index (κ1) is 14.6. The Kier molecular flexibility index (Phi) is 4.05. The fraction of sp³-hybridized carbons (Fsp3) is 0.467. The molecule has 21 heavy (non-hydrogen) atoms. The summed E-state index contributed by atoms with van der Waals surface area (Å²) in [5.41, 5.74) is 2.30. The molecular weight excluding hydrogens is 379 g/mol. The van der Waals surface area contributed by atoms with Crippen molar-refractivity contribution in [2.24, 2.45) is 0 Å². The number of nitrogens with zero attached hydrogens (tertiary/aromatic N) is 3. The van der Waals surface area contributed by atoms with Crippen LogP contribution in [0.4, 0.5) is 4.79 Å². The van der Waals surface area contributed by atoms with Gasteiger partial charge in [-0.3, -0.25) is 0 Å². The van der Waals surface area contributed by atoms with Gasteiger partial charge in [0.2, 0.25) is 0 Å². The maximum absolute atomic E-state index is 12.0. The smallest absolute Gasteiger partial charge is 0.319 e. The first-order valence-corrected chi connectivity index (χ1v) is 8.23. The van der Waals surface area contributed by atoms with Crippen LogP contribution >= 0.6 is 22.6 Å². The number of fused-ring (bicyclic) bond motifs is 1. The maximum Gasteiger partial charge on any atom is 0.319 e. The molecule has 1 aliphatic heterocycles. The van der Waals surface area contributed by atoms with Gasteiger partial charge >= 0.3 is 6.03 Å². The number of H-pyrrole nitrogens is 1. The lowest BCUT2D eigenvalue weighted by Crippen LogP contribution is -2.43. The third-order valence-electron chi connectivity index (χ3n) is 4.12. The number of aromatic amines is 1. The van der Waals surface area contributed by atoms with Gasteiger partial charge in [-0.05, 0) is 53.0 Å². The second-order valence-electron chi connectivity index (χ2n) is 5.73. The van der Waals surface area contributed by atoms with E-state index >= 15 is 0 Å².